The van der Waals surface area contributed by atoms with E-state index in [9.17, 15) is 9.90 Å². The Morgan fingerprint density at radius 1 is 1.19 bits per heavy atom. The summed E-state index contributed by atoms with van der Waals surface area (Å²) in [5, 5.41) is 17.3. The molecule has 1 saturated heterocycles. The predicted octanol–water partition coefficient (Wildman–Crippen LogP) is 3.64. The SMILES string of the molecule is C#Cc1nc(NC(=O)NC(CO)c2ccc(-c3cccc(N4CCCC4)n3)cc2)cs1. The van der Waals surface area contributed by atoms with Crippen molar-refractivity contribution >= 4 is 29.0 Å². The van der Waals surface area contributed by atoms with Crippen LogP contribution in [-0.2, 0) is 0 Å². The van der Waals surface area contributed by atoms with E-state index in [1.54, 1.807) is 5.38 Å². The summed E-state index contributed by atoms with van der Waals surface area (Å²) < 4.78 is 0. The average molecular weight is 434 g/mol. The number of aromatic nitrogens is 2. The molecule has 1 aliphatic heterocycles. The molecule has 1 atom stereocenters. The van der Waals surface area contributed by atoms with E-state index in [1.165, 1.54) is 24.2 Å². The molecule has 0 saturated carbocycles. The number of rotatable bonds is 6. The Morgan fingerprint density at radius 2 is 1.97 bits per heavy atom. The number of carbonyl (C=O) groups excluding carboxylic acids is 1. The molecule has 0 spiro atoms. The van der Waals surface area contributed by atoms with Crippen molar-refractivity contribution in [2.24, 2.45) is 0 Å². The first-order chi connectivity index (χ1) is 15.2. The van der Waals surface area contributed by atoms with Gasteiger partial charge in [0.05, 0.1) is 18.3 Å². The van der Waals surface area contributed by atoms with E-state index >= 15 is 0 Å². The van der Waals surface area contributed by atoms with Gasteiger partial charge in [0, 0.05) is 24.0 Å². The van der Waals surface area contributed by atoms with E-state index in [1.807, 2.05) is 42.5 Å². The highest BCUT2D eigenvalue weighted by molar-refractivity contribution is 7.10. The number of thiazole rings is 1. The van der Waals surface area contributed by atoms with Gasteiger partial charge in [-0.1, -0.05) is 30.3 Å². The highest BCUT2D eigenvalue weighted by Gasteiger charge is 2.16. The smallest absolute Gasteiger partial charge is 0.320 e. The maximum atomic E-state index is 12.3. The van der Waals surface area contributed by atoms with Gasteiger partial charge in [-0.25, -0.2) is 14.8 Å². The third-order valence-electron chi connectivity index (χ3n) is 5.13. The van der Waals surface area contributed by atoms with Gasteiger partial charge < -0.3 is 15.3 Å². The summed E-state index contributed by atoms with van der Waals surface area (Å²) in [5.41, 5.74) is 2.67. The standard InChI is InChI=1S/C23H23N5O2S/c1-2-22-26-20(15-31-22)27-23(30)25-19(14-29)17-10-8-16(9-11-17)18-6-5-7-21(24-18)28-12-3-4-13-28/h1,5-11,15,19,29H,3-4,12-14H2,(H2,25,27,30). The maximum Gasteiger partial charge on any atom is 0.320 e. The van der Waals surface area contributed by atoms with Crippen LogP contribution in [0.4, 0.5) is 16.4 Å². The normalized spacial score (nSPS) is 14.1. The lowest BCUT2D eigenvalue weighted by molar-refractivity contribution is 0.225. The zero-order chi connectivity index (χ0) is 21.6. The molecule has 4 rings (SSSR count). The molecule has 0 aliphatic carbocycles. The first-order valence-corrected chi connectivity index (χ1v) is 11.0. The molecule has 8 heteroatoms. The summed E-state index contributed by atoms with van der Waals surface area (Å²) in [6, 6.07) is 12.7. The van der Waals surface area contributed by atoms with Crippen LogP contribution in [0.15, 0.2) is 47.8 Å². The Bertz CT molecular complexity index is 1080. The minimum Gasteiger partial charge on any atom is -0.394 e. The minimum atomic E-state index is -0.552. The molecule has 3 aromatic rings. The van der Waals surface area contributed by atoms with Crippen molar-refractivity contribution in [3.05, 3.63) is 58.4 Å². The molecular weight excluding hydrogens is 410 g/mol. The van der Waals surface area contributed by atoms with E-state index in [0.717, 1.165) is 35.7 Å². The van der Waals surface area contributed by atoms with Crippen molar-refractivity contribution < 1.29 is 9.90 Å². The number of carbonyl (C=O) groups is 1. The Balaban J connectivity index is 1.43. The first kappa shape index (κ1) is 20.8. The van der Waals surface area contributed by atoms with Gasteiger partial charge in [-0.15, -0.1) is 17.8 Å². The average Bonchev–Trinajstić information content (AvgIpc) is 3.50. The van der Waals surface area contributed by atoms with Crippen LogP contribution >= 0.6 is 11.3 Å². The molecule has 2 amide bonds. The van der Waals surface area contributed by atoms with Gasteiger partial charge in [-0.05, 0) is 36.5 Å². The van der Waals surface area contributed by atoms with Gasteiger partial charge in [0.2, 0.25) is 0 Å². The molecule has 158 valence electrons. The Kier molecular flexibility index (Phi) is 6.46. The topological polar surface area (TPSA) is 90.4 Å². The van der Waals surface area contributed by atoms with Crippen molar-refractivity contribution in [1.29, 1.82) is 0 Å². The largest absolute Gasteiger partial charge is 0.394 e. The molecule has 1 aromatic carbocycles. The van der Waals surface area contributed by atoms with Crippen molar-refractivity contribution in [2.75, 3.05) is 29.9 Å². The van der Waals surface area contributed by atoms with Gasteiger partial charge in [0.25, 0.3) is 0 Å². The quantitative estimate of drug-likeness (QED) is 0.517. The molecule has 3 N–H and O–H groups in total. The third-order valence-corrected chi connectivity index (χ3v) is 5.90. The highest BCUT2D eigenvalue weighted by Crippen LogP contribution is 2.25. The molecule has 3 heterocycles. The van der Waals surface area contributed by atoms with Crippen molar-refractivity contribution in [1.82, 2.24) is 15.3 Å². The lowest BCUT2D eigenvalue weighted by atomic mass is 10.0. The summed E-state index contributed by atoms with van der Waals surface area (Å²) in [6.07, 6.45) is 7.71. The molecule has 7 nitrogen and oxygen atoms in total. The summed E-state index contributed by atoms with van der Waals surface area (Å²) in [7, 11) is 0. The van der Waals surface area contributed by atoms with Crippen LogP contribution in [-0.4, -0.2) is 40.8 Å². The summed E-state index contributed by atoms with van der Waals surface area (Å²) in [4.78, 5) is 23.5. The number of pyridine rings is 1. The van der Waals surface area contributed by atoms with Crippen LogP contribution in [0.2, 0.25) is 0 Å². The van der Waals surface area contributed by atoms with Crippen LogP contribution in [0.5, 0.6) is 0 Å². The van der Waals surface area contributed by atoms with E-state index in [-0.39, 0.29) is 6.61 Å². The number of nitrogens with zero attached hydrogens (tertiary/aromatic N) is 3. The van der Waals surface area contributed by atoms with Crippen LogP contribution in [0.3, 0.4) is 0 Å². The maximum absolute atomic E-state index is 12.3. The van der Waals surface area contributed by atoms with Crippen molar-refractivity contribution in [3.63, 3.8) is 0 Å². The fraction of sp³-hybridized carbons (Fsp3) is 0.261. The number of hydrogen-bond donors (Lipinski definition) is 3. The Labute approximate surface area is 185 Å². The van der Waals surface area contributed by atoms with E-state index in [2.05, 4.69) is 26.4 Å². The van der Waals surface area contributed by atoms with Crippen LogP contribution < -0.4 is 15.5 Å². The minimum absolute atomic E-state index is 0.234. The zero-order valence-corrected chi connectivity index (χ0v) is 17.7. The molecule has 0 bridgehead atoms. The lowest BCUT2D eigenvalue weighted by Crippen LogP contribution is -2.34. The number of aliphatic hydroxyl groups is 1. The third kappa shape index (κ3) is 5.02. The summed E-state index contributed by atoms with van der Waals surface area (Å²) in [6.45, 7) is 1.86. The molecule has 2 aromatic heterocycles. The predicted molar refractivity (Wildman–Crippen MR) is 123 cm³/mol. The number of terminal acetylenes is 1. The van der Waals surface area contributed by atoms with Crippen LogP contribution in [0.25, 0.3) is 11.3 Å². The number of aliphatic hydroxyl groups excluding tert-OH is 1. The second-order valence-corrected chi connectivity index (χ2v) is 8.07. The molecule has 31 heavy (non-hydrogen) atoms. The second-order valence-electron chi connectivity index (χ2n) is 7.21. The number of amides is 2. The number of anilines is 2. The fourth-order valence-corrected chi connectivity index (χ4v) is 4.09. The molecule has 0 radical (unpaired) electrons. The van der Waals surface area contributed by atoms with E-state index in [0.29, 0.717) is 10.8 Å². The number of benzene rings is 1. The van der Waals surface area contributed by atoms with Crippen molar-refractivity contribution in [2.45, 2.75) is 18.9 Å². The Morgan fingerprint density at radius 3 is 2.65 bits per heavy atom. The van der Waals surface area contributed by atoms with E-state index in [4.69, 9.17) is 11.4 Å². The Hall–Kier alpha value is -3.41. The molecule has 1 unspecified atom stereocenters. The fourth-order valence-electron chi connectivity index (χ4n) is 3.54. The number of hydrogen-bond acceptors (Lipinski definition) is 6. The summed E-state index contributed by atoms with van der Waals surface area (Å²) >= 11 is 1.27. The van der Waals surface area contributed by atoms with Crippen molar-refractivity contribution in [3.8, 4) is 23.6 Å². The van der Waals surface area contributed by atoms with E-state index < -0.39 is 12.1 Å². The van der Waals surface area contributed by atoms with Gasteiger partial charge in [-0.2, -0.15) is 0 Å². The highest BCUT2D eigenvalue weighted by atomic mass is 32.1. The van der Waals surface area contributed by atoms with Gasteiger partial charge in [0.1, 0.15) is 11.6 Å². The zero-order valence-electron chi connectivity index (χ0n) is 16.9. The summed E-state index contributed by atoms with van der Waals surface area (Å²) in [5.74, 6) is 3.81. The van der Waals surface area contributed by atoms with Crippen LogP contribution in [0, 0.1) is 12.3 Å². The molecule has 1 aliphatic rings. The monoisotopic (exact) mass is 433 g/mol. The number of urea groups is 1. The van der Waals surface area contributed by atoms with Gasteiger partial charge >= 0.3 is 6.03 Å². The number of nitrogens with one attached hydrogen (secondary N) is 2. The lowest BCUT2D eigenvalue weighted by Gasteiger charge is -2.18. The van der Waals surface area contributed by atoms with Gasteiger partial charge in [0.15, 0.2) is 5.01 Å². The van der Waals surface area contributed by atoms with Gasteiger partial charge in [-0.3, -0.25) is 5.32 Å². The first-order valence-electron chi connectivity index (χ1n) is 10.1. The van der Waals surface area contributed by atoms with Crippen LogP contribution in [0.1, 0.15) is 29.5 Å². The molecule has 1 fully saturated rings. The second kappa shape index (κ2) is 9.60. The molecular formula is C23H23N5O2S.